The van der Waals surface area contributed by atoms with Gasteiger partial charge in [-0.05, 0) is 83.6 Å². The fourth-order valence-corrected chi connectivity index (χ4v) is 14.5. The fraction of sp³-hybridized carbons (Fsp3) is 0. The molecular formula is C42H23N3S6. The van der Waals surface area contributed by atoms with E-state index >= 15 is 0 Å². The Kier molecular flexibility index (Phi) is 6.17. The van der Waals surface area contributed by atoms with Gasteiger partial charge < -0.3 is 13.7 Å². The first-order chi connectivity index (χ1) is 25.3. The quantitative estimate of drug-likeness (QED) is 0.166. The lowest BCUT2D eigenvalue weighted by atomic mass is 10.3. The molecule has 242 valence electrons. The van der Waals surface area contributed by atoms with Crippen LogP contribution in [0.15, 0.2) is 138 Å². The van der Waals surface area contributed by atoms with Crippen LogP contribution < -0.4 is 0 Å². The average molecular weight is 762 g/mol. The molecule has 0 bridgehead atoms. The molecule has 0 unspecified atom stereocenters. The molecule has 0 fully saturated rings. The first-order valence-corrected chi connectivity index (χ1v) is 21.6. The van der Waals surface area contributed by atoms with Crippen molar-refractivity contribution in [3.8, 4) is 36.6 Å². The molecule has 0 aliphatic heterocycles. The number of hydrogen-bond donors (Lipinski definition) is 0. The molecule has 0 saturated heterocycles. The van der Waals surface area contributed by atoms with Crippen molar-refractivity contribution in [1.82, 2.24) is 13.7 Å². The van der Waals surface area contributed by atoms with Gasteiger partial charge in [-0.3, -0.25) is 0 Å². The zero-order chi connectivity index (χ0) is 33.2. The third-order valence-corrected chi connectivity index (χ3v) is 16.9. The van der Waals surface area contributed by atoms with Gasteiger partial charge in [0.2, 0.25) is 0 Å². The van der Waals surface area contributed by atoms with E-state index in [0.29, 0.717) is 0 Å². The van der Waals surface area contributed by atoms with Crippen LogP contribution in [0, 0.1) is 0 Å². The Morgan fingerprint density at radius 2 is 0.588 bits per heavy atom. The largest absolute Gasteiger partial charge is 0.307 e. The van der Waals surface area contributed by atoms with Crippen LogP contribution >= 0.6 is 68.0 Å². The highest BCUT2D eigenvalue weighted by molar-refractivity contribution is 7.35. The van der Waals surface area contributed by atoms with Gasteiger partial charge in [0.05, 0.1) is 61.3 Å². The number of thiophene rings is 6. The number of nitrogens with zero attached hydrogens (tertiary/aromatic N) is 3. The molecule has 0 radical (unpaired) electrons. The van der Waals surface area contributed by atoms with Gasteiger partial charge in [-0.1, -0.05) is 54.6 Å². The second-order valence-corrected chi connectivity index (χ2v) is 18.6. The summed E-state index contributed by atoms with van der Waals surface area (Å²) >= 11 is 11.4. The van der Waals surface area contributed by atoms with E-state index in [2.05, 4.69) is 152 Å². The highest BCUT2D eigenvalue weighted by atomic mass is 32.1. The molecule has 0 atom stereocenters. The summed E-state index contributed by atoms with van der Waals surface area (Å²) in [7, 11) is 0. The van der Waals surface area contributed by atoms with E-state index in [1.807, 2.05) is 68.0 Å². The van der Waals surface area contributed by atoms with Crippen LogP contribution in [0.5, 0.6) is 0 Å². The summed E-state index contributed by atoms with van der Waals surface area (Å²) in [6.07, 6.45) is 0. The van der Waals surface area contributed by atoms with Crippen molar-refractivity contribution in [3.05, 3.63) is 138 Å². The number of fused-ring (bicyclic) bond motifs is 9. The molecule has 0 aliphatic rings. The van der Waals surface area contributed by atoms with E-state index in [0.717, 1.165) is 0 Å². The summed E-state index contributed by atoms with van der Waals surface area (Å²) in [4.78, 5) is 5.30. The molecule has 12 rings (SSSR count). The zero-order valence-electron chi connectivity index (χ0n) is 26.6. The number of rotatable bonds is 5. The van der Waals surface area contributed by atoms with Crippen LogP contribution in [0.4, 0.5) is 0 Å². The Morgan fingerprint density at radius 3 is 0.922 bits per heavy atom. The van der Waals surface area contributed by atoms with Crippen molar-refractivity contribution < 1.29 is 0 Å². The van der Waals surface area contributed by atoms with E-state index in [1.165, 1.54) is 97.9 Å². The van der Waals surface area contributed by atoms with Crippen molar-refractivity contribution in [3.63, 3.8) is 0 Å². The van der Waals surface area contributed by atoms with Gasteiger partial charge in [-0.25, -0.2) is 0 Å². The lowest BCUT2D eigenvalue weighted by Gasteiger charge is -2.05. The maximum atomic E-state index is 2.48. The first-order valence-electron chi connectivity index (χ1n) is 16.6. The Labute approximate surface area is 315 Å². The van der Waals surface area contributed by atoms with Crippen LogP contribution in [0.3, 0.4) is 0 Å². The molecule has 3 aromatic carbocycles. The maximum absolute atomic E-state index is 2.48. The zero-order valence-corrected chi connectivity index (χ0v) is 31.5. The minimum atomic E-state index is 1.20. The molecule has 9 heterocycles. The van der Waals surface area contributed by atoms with E-state index in [1.54, 1.807) is 0 Å². The predicted molar refractivity (Wildman–Crippen MR) is 228 cm³/mol. The predicted octanol–water partition coefficient (Wildman–Crippen LogP) is 14.7. The lowest BCUT2D eigenvalue weighted by molar-refractivity contribution is 1.18. The Bertz CT molecular complexity index is 3040. The number of benzene rings is 3. The van der Waals surface area contributed by atoms with Crippen LogP contribution in [0.1, 0.15) is 0 Å². The molecular weight excluding hydrogens is 739 g/mol. The monoisotopic (exact) mass is 761 g/mol. The fourth-order valence-electron chi connectivity index (χ4n) is 7.58. The molecule has 0 saturated carbocycles. The molecule has 9 aromatic heterocycles. The molecule has 3 nitrogen and oxygen atoms in total. The van der Waals surface area contributed by atoms with Crippen LogP contribution in [0.25, 0.3) is 97.9 Å². The van der Waals surface area contributed by atoms with Crippen molar-refractivity contribution in [1.29, 1.82) is 0 Å². The van der Waals surface area contributed by atoms with Crippen molar-refractivity contribution >= 4 is 129 Å². The second-order valence-electron chi connectivity index (χ2n) is 12.6. The molecule has 0 N–H and O–H groups in total. The number of para-hydroxylation sites is 3. The summed E-state index contributed by atoms with van der Waals surface area (Å²) in [6.45, 7) is 0. The van der Waals surface area contributed by atoms with Gasteiger partial charge in [-0.15, -0.1) is 68.0 Å². The molecule has 0 spiro atoms. The lowest BCUT2D eigenvalue weighted by Crippen LogP contribution is -1.91. The number of hydrogen-bond acceptors (Lipinski definition) is 6. The van der Waals surface area contributed by atoms with Gasteiger partial charge in [0.25, 0.3) is 0 Å². The Balaban J connectivity index is 1.05. The molecule has 0 amide bonds. The minimum absolute atomic E-state index is 1.20. The van der Waals surface area contributed by atoms with Gasteiger partial charge in [0, 0.05) is 36.6 Å². The Hall–Kier alpha value is -4.74. The minimum Gasteiger partial charge on any atom is -0.307 e. The van der Waals surface area contributed by atoms with Crippen LogP contribution in [-0.4, -0.2) is 13.7 Å². The highest BCUT2D eigenvalue weighted by Gasteiger charge is 2.24. The van der Waals surface area contributed by atoms with E-state index in [4.69, 9.17) is 0 Å². The molecule has 12 aromatic rings. The second kappa shape index (κ2) is 10.9. The van der Waals surface area contributed by atoms with Crippen LogP contribution in [-0.2, 0) is 0 Å². The van der Waals surface area contributed by atoms with E-state index in [-0.39, 0.29) is 0 Å². The average Bonchev–Trinajstić information content (AvgIpc) is 4.00. The smallest absolute Gasteiger partial charge is 0.0711 e. The highest BCUT2D eigenvalue weighted by Crippen LogP contribution is 2.51. The third kappa shape index (κ3) is 4.13. The summed E-state index contributed by atoms with van der Waals surface area (Å²) in [5, 5.41) is 4.44. The van der Waals surface area contributed by atoms with Crippen molar-refractivity contribution in [2.75, 3.05) is 0 Å². The summed E-state index contributed by atoms with van der Waals surface area (Å²) in [5.74, 6) is 0. The van der Waals surface area contributed by atoms with E-state index in [9.17, 15) is 0 Å². The SMILES string of the molecule is c1ccc(-n2c3ccsc3c3sc(-c4cc5c(s4)c4sc(-c6cc7c(s6)c6sccc6n7-c6ccccc6)cc4n5-c4ccccc4)cc32)cc1. The third-order valence-electron chi connectivity index (χ3n) is 9.73. The maximum Gasteiger partial charge on any atom is 0.0711 e. The van der Waals surface area contributed by atoms with Crippen LogP contribution in [0.2, 0.25) is 0 Å². The van der Waals surface area contributed by atoms with E-state index < -0.39 is 0 Å². The summed E-state index contributed by atoms with van der Waals surface area (Å²) in [6, 6.07) is 46.6. The molecule has 9 heteroatoms. The number of aromatic nitrogens is 3. The van der Waals surface area contributed by atoms with Gasteiger partial charge in [0.15, 0.2) is 0 Å². The molecule has 0 aliphatic carbocycles. The van der Waals surface area contributed by atoms with Gasteiger partial charge in [-0.2, -0.15) is 0 Å². The summed E-state index contributed by atoms with van der Waals surface area (Å²) in [5.41, 5.74) is 11.4. The van der Waals surface area contributed by atoms with Crippen molar-refractivity contribution in [2.45, 2.75) is 0 Å². The topological polar surface area (TPSA) is 14.8 Å². The normalized spacial score (nSPS) is 12.3. The molecule has 51 heavy (non-hydrogen) atoms. The van der Waals surface area contributed by atoms with Gasteiger partial charge >= 0.3 is 0 Å². The standard InChI is InChI=1S/C42H23N3S6/c1-4-10-24(11-5-1)43-27-16-18-46-37(27)39-29(43)20-33(48-39)35-22-31-41(50-35)42-32(45(31)26-14-8-3-9-15-26)23-36(51-42)34-21-30-40(49-34)38-28(17-19-47-38)44(30)25-12-6-2-7-13-25/h1-23H. The first kappa shape index (κ1) is 28.9. The van der Waals surface area contributed by atoms with Crippen molar-refractivity contribution in [2.24, 2.45) is 0 Å². The Morgan fingerprint density at radius 1 is 0.294 bits per heavy atom. The summed E-state index contributed by atoms with van der Waals surface area (Å²) < 4.78 is 15.5. The van der Waals surface area contributed by atoms with Gasteiger partial charge in [0.1, 0.15) is 0 Å².